The number of hydrogen-bond donors (Lipinski definition) is 0. The first kappa shape index (κ1) is 17.9. The Bertz CT molecular complexity index is 1410. The van der Waals surface area contributed by atoms with Crippen molar-refractivity contribution < 1.29 is 17.9 Å². The van der Waals surface area contributed by atoms with Crippen LogP contribution in [0.5, 0.6) is 11.5 Å². The van der Waals surface area contributed by atoms with E-state index in [1.165, 1.54) is 12.1 Å². The minimum Gasteiger partial charge on any atom is -0.457 e. The van der Waals surface area contributed by atoms with Gasteiger partial charge in [0.15, 0.2) is 5.78 Å². The number of carbonyl (C=O) groups is 1. The summed E-state index contributed by atoms with van der Waals surface area (Å²) in [6, 6.07) is 22.8. The monoisotopic (exact) mass is 420 g/mol. The van der Waals surface area contributed by atoms with Crippen LogP contribution >= 0.6 is 10.7 Å². The van der Waals surface area contributed by atoms with E-state index < -0.39 is 9.05 Å². The standard InChI is InChI=1S/C23H13ClO4S/c24-29(26,27)15-10-8-14(9-11-15)28-21-13-12-17-16-4-1-2-5-18(16)23(25)20-7-3-6-19(21)22(17)20/h1-13H. The highest BCUT2D eigenvalue weighted by Crippen LogP contribution is 2.43. The molecule has 6 heteroatoms. The first-order valence-corrected chi connectivity index (χ1v) is 11.2. The molecule has 0 amide bonds. The van der Waals surface area contributed by atoms with Gasteiger partial charge in [-0.05, 0) is 47.5 Å². The molecule has 0 spiro atoms. The maximum atomic E-state index is 13.0. The molecule has 0 aromatic heterocycles. The molecule has 1 aliphatic carbocycles. The zero-order chi connectivity index (χ0) is 20.2. The van der Waals surface area contributed by atoms with E-state index in [-0.39, 0.29) is 10.7 Å². The largest absolute Gasteiger partial charge is 0.457 e. The Balaban J connectivity index is 1.65. The van der Waals surface area contributed by atoms with Crippen molar-refractivity contribution in [2.75, 3.05) is 0 Å². The molecule has 1 aliphatic rings. The van der Waals surface area contributed by atoms with Gasteiger partial charge in [-0.2, -0.15) is 0 Å². The highest BCUT2D eigenvalue weighted by Gasteiger charge is 2.25. The zero-order valence-corrected chi connectivity index (χ0v) is 16.5. The van der Waals surface area contributed by atoms with E-state index in [0.29, 0.717) is 22.6 Å². The lowest BCUT2D eigenvalue weighted by atomic mass is 9.83. The molecule has 0 atom stereocenters. The van der Waals surface area contributed by atoms with E-state index in [0.717, 1.165) is 21.9 Å². The van der Waals surface area contributed by atoms with Crippen molar-refractivity contribution in [3.63, 3.8) is 0 Å². The van der Waals surface area contributed by atoms with Gasteiger partial charge in [0.2, 0.25) is 0 Å². The van der Waals surface area contributed by atoms with Crippen LogP contribution in [0, 0.1) is 0 Å². The van der Waals surface area contributed by atoms with Gasteiger partial charge in [0, 0.05) is 32.6 Å². The van der Waals surface area contributed by atoms with Gasteiger partial charge >= 0.3 is 0 Å². The first-order valence-electron chi connectivity index (χ1n) is 8.86. The van der Waals surface area contributed by atoms with E-state index in [4.69, 9.17) is 15.4 Å². The molecule has 5 rings (SSSR count). The van der Waals surface area contributed by atoms with Crippen LogP contribution in [0.3, 0.4) is 0 Å². The average molecular weight is 421 g/mol. The molecular formula is C23H13ClO4S. The highest BCUT2D eigenvalue weighted by molar-refractivity contribution is 8.13. The predicted molar refractivity (Wildman–Crippen MR) is 112 cm³/mol. The van der Waals surface area contributed by atoms with E-state index in [9.17, 15) is 13.2 Å². The molecule has 0 aliphatic heterocycles. The molecule has 0 bridgehead atoms. The third kappa shape index (κ3) is 2.90. The van der Waals surface area contributed by atoms with Crippen LogP contribution in [0.2, 0.25) is 0 Å². The minimum atomic E-state index is -3.79. The summed E-state index contributed by atoms with van der Waals surface area (Å²) in [4.78, 5) is 13.0. The Morgan fingerprint density at radius 1 is 0.690 bits per heavy atom. The van der Waals surface area contributed by atoms with Crippen molar-refractivity contribution in [1.29, 1.82) is 0 Å². The highest BCUT2D eigenvalue weighted by atomic mass is 35.7. The molecular weight excluding hydrogens is 408 g/mol. The van der Waals surface area contributed by atoms with Crippen LogP contribution in [0.25, 0.3) is 21.9 Å². The lowest BCUT2D eigenvalue weighted by Crippen LogP contribution is -2.09. The molecule has 0 saturated heterocycles. The van der Waals surface area contributed by atoms with Gasteiger partial charge in [-0.25, -0.2) is 8.42 Å². The van der Waals surface area contributed by atoms with E-state index in [1.54, 1.807) is 12.1 Å². The number of carbonyl (C=O) groups excluding carboxylic acids is 1. The number of halogens is 1. The van der Waals surface area contributed by atoms with Gasteiger partial charge in [0.05, 0.1) is 4.90 Å². The number of hydrogen-bond acceptors (Lipinski definition) is 4. The van der Waals surface area contributed by atoms with Crippen LogP contribution in [-0.2, 0) is 9.05 Å². The van der Waals surface area contributed by atoms with E-state index >= 15 is 0 Å². The van der Waals surface area contributed by atoms with Crippen molar-refractivity contribution in [2.45, 2.75) is 4.90 Å². The lowest BCUT2D eigenvalue weighted by molar-refractivity contribution is 0.104. The van der Waals surface area contributed by atoms with Crippen LogP contribution in [0.4, 0.5) is 0 Å². The summed E-state index contributed by atoms with van der Waals surface area (Å²) in [6.07, 6.45) is 0. The Morgan fingerprint density at radius 3 is 2.10 bits per heavy atom. The second kappa shape index (κ2) is 6.44. The summed E-state index contributed by atoms with van der Waals surface area (Å²) in [7, 11) is 1.57. The Morgan fingerprint density at radius 2 is 1.38 bits per heavy atom. The third-order valence-corrected chi connectivity index (χ3v) is 6.41. The number of benzene rings is 4. The Labute approximate surface area is 171 Å². The summed E-state index contributed by atoms with van der Waals surface area (Å²) in [5, 5.41) is 1.67. The minimum absolute atomic E-state index is 0.00520. The maximum Gasteiger partial charge on any atom is 0.261 e. The van der Waals surface area contributed by atoms with Crippen molar-refractivity contribution >= 4 is 36.3 Å². The summed E-state index contributed by atoms with van der Waals surface area (Å²) in [5.74, 6) is 1.05. The van der Waals surface area contributed by atoms with Gasteiger partial charge in [0.1, 0.15) is 11.5 Å². The summed E-state index contributed by atoms with van der Waals surface area (Å²) in [5.41, 5.74) is 3.23. The molecule has 0 unspecified atom stereocenters. The Hall–Kier alpha value is -3.15. The molecule has 0 N–H and O–H groups in total. The average Bonchev–Trinajstić information content (AvgIpc) is 2.72. The van der Waals surface area contributed by atoms with Gasteiger partial charge in [0.25, 0.3) is 9.05 Å². The molecule has 4 aromatic carbocycles. The fourth-order valence-corrected chi connectivity index (χ4v) is 4.51. The third-order valence-electron chi connectivity index (χ3n) is 5.04. The predicted octanol–water partition coefficient (Wildman–Crippen LogP) is 5.77. The SMILES string of the molecule is O=C1c2ccccc2-c2ccc(Oc3ccc(S(=O)(=O)Cl)cc3)c3cccc1c23. The van der Waals surface area contributed by atoms with Gasteiger partial charge in [-0.15, -0.1) is 0 Å². The van der Waals surface area contributed by atoms with Crippen molar-refractivity contribution in [3.8, 4) is 22.6 Å². The molecule has 4 aromatic rings. The van der Waals surface area contributed by atoms with E-state index in [2.05, 4.69) is 0 Å². The lowest BCUT2D eigenvalue weighted by Gasteiger charge is -2.21. The number of fused-ring (bicyclic) bond motifs is 2. The van der Waals surface area contributed by atoms with Crippen LogP contribution in [0.15, 0.2) is 83.8 Å². The molecule has 4 nitrogen and oxygen atoms in total. The second-order valence-corrected chi connectivity index (χ2v) is 9.29. The maximum absolute atomic E-state index is 13.0. The van der Waals surface area contributed by atoms with Crippen LogP contribution in [0.1, 0.15) is 15.9 Å². The van der Waals surface area contributed by atoms with Gasteiger partial charge in [-0.3, -0.25) is 4.79 Å². The fourth-order valence-electron chi connectivity index (χ4n) is 3.74. The number of ether oxygens (including phenoxy) is 1. The number of ketones is 1. The molecule has 0 fully saturated rings. The summed E-state index contributed by atoms with van der Waals surface area (Å²) < 4.78 is 28.8. The normalized spacial score (nSPS) is 12.7. The molecule has 0 heterocycles. The topological polar surface area (TPSA) is 60.4 Å². The summed E-state index contributed by atoms with van der Waals surface area (Å²) in [6.45, 7) is 0. The van der Waals surface area contributed by atoms with Crippen molar-refractivity contribution in [2.24, 2.45) is 0 Å². The van der Waals surface area contributed by atoms with Crippen LogP contribution < -0.4 is 4.74 Å². The van der Waals surface area contributed by atoms with E-state index in [1.807, 2.05) is 54.6 Å². The smallest absolute Gasteiger partial charge is 0.261 e. The molecule has 0 saturated carbocycles. The molecule has 0 radical (unpaired) electrons. The second-order valence-electron chi connectivity index (χ2n) is 6.73. The Kier molecular flexibility index (Phi) is 3.98. The first-order chi connectivity index (χ1) is 13.9. The van der Waals surface area contributed by atoms with Gasteiger partial charge < -0.3 is 4.74 Å². The van der Waals surface area contributed by atoms with Crippen molar-refractivity contribution in [1.82, 2.24) is 0 Å². The van der Waals surface area contributed by atoms with Crippen molar-refractivity contribution in [3.05, 3.63) is 90.0 Å². The zero-order valence-electron chi connectivity index (χ0n) is 14.9. The quantitative estimate of drug-likeness (QED) is 0.347. The number of rotatable bonds is 3. The van der Waals surface area contributed by atoms with Gasteiger partial charge in [-0.1, -0.05) is 42.5 Å². The van der Waals surface area contributed by atoms with Crippen LogP contribution in [-0.4, -0.2) is 14.2 Å². The fraction of sp³-hybridized carbons (Fsp3) is 0. The molecule has 142 valence electrons. The summed E-state index contributed by atoms with van der Waals surface area (Å²) >= 11 is 0. The molecule has 29 heavy (non-hydrogen) atoms.